The fourth-order valence-corrected chi connectivity index (χ4v) is 3.29. The first-order valence-corrected chi connectivity index (χ1v) is 8.99. The number of benzene rings is 1. The first kappa shape index (κ1) is 18.2. The summed E-state index contributed by atoms with van der Waals surface area (Å²) < 4.78 is 10.8. The highest BCUT2D eigenvalue weighted by Crippen LogP contribution is 2.24. The molecule has 1 amide bonds. The summed E-state index contributed by atoms with van der Waals surface area (Å²) in [7, 11) is 0. The van der Waals surface area contributed by atoms with Crippen molar-refractivity contribution in [3.8, 4) is 0 Å². The molecule has 0 aliphatic carbocycles. The van der Waals surface area contributed by atoms with Crippen LogP contribution in [0.1, 0.15) is 38.2 Å². The average Bonchev–Trinajstić information content (AvgIpc) is 3.16. The van der Waals surface area contributed by atoms with E-state index in [-0.39, 0.29) is 24.7 Å². The second kappa shape index (κ2) is 8.17. The van der Waals surface area contributed by atoms with Crippen LogP contribution in [0.25, 0.3) is 0 Å². The van der Waals surface area contributed by atoms with Gasteiger partial charge in [0.2, 0.25) is 0 Å². The van der Waals surface area contributed by atoms with Crippen molar-refractivity contribution in [1.29, 1.82) is 0 Å². The van der Waals surface area contributed by atoms with E-state index in [0.717, 1.165) is 12.0 Å². The van der Waals surface area contributed by atoms with Gasteiger partial charge in [0.15, 0.2) is 11.9 Å². The van der Waals surface area contributed by atoms with Gasteiger partial charge in [0, 0.05) is 12.1 Å². The van der Waals surface area contributed by atoms with Crippen LogP contribution in [0.2, 0.25) is 0 Å². The standard InChI is InChI=1S/C20H23NO5/c1-2-15-13-25-18(11-17(15)22)19(23)21-10-6-9-16(21)20(24)26-12-14-7-4-3-5-8-14/h3-5,7-8,13,16,18H,2,6,9-12H2,1H3/t16-,18-/m0/s1. The number of carbonyl (C=O) groups excluding carboxylic acids is 3. The number of ether oxygens (including phenoxy) is 2. The van der Waals surface area contributed by atoms with E-state index >= 15 is 0 Å². The van der Waals surface area contributed by atoms with Crippen LogP contribution in [-0.2, 0) is 30.5 Å². The van der Waals surface area contributed by atoms with E-state index in [2.05, 4.69) is 0 Å². The lowest BCUT2D eigenvalue weighted by Gasteiger charge is -2.29. The third-order valence-corrected chi connectivity index (χ3v) is 4.79. The second-order valence-electron chi connectivity index (χ2n) is 6.53. The zero-order valence-corrected chi connectivity index (χ0v) is 14.8. The molecule has 1 fully saturated rings. The molecule has 3 rings (SSSR count). The molecule has 0 unspecified atom stereocenters. The Morgan fingerprint density at radius 1 is 1.27 bits per heavy atom. The average molecular weight is 357 g/mol. The van der Waals surface area contributed by atoms with Crippen molar-refractivity contribution in [3.63, 3.8) is 0 Å². The zero-order chi connectivity index (χ0) is 18.5. The molecule has 0 N–H and O–H groups in total. The van der Waals surface area contributed by atoms with Gasteiger partial charge in [-0.3, -0.25) is 9.59 Å². The molecule has 2 atom stereocenters. The third-order valence-electron chi connectivity index (χ3n) is 4.79. The lowest BCUT2D eigenvalue weighted by atomic mass is 10.0. The van der Waals surface area contributed by atoms with E-state index in [9.17, 15) is 14.4 Å². The van der Waals surface area contributed by atoms with Crippen LogP contribution >= 0.6 is 0 Å². The van der Waals surface area contributed by atoms with Crippen molar-refractivity contribution in [3.05, 3.63) is 47.7 Å². The summed E-state index contributed by atoms with van der Waals surface area (Å²) in [6.45, 7) is 2.52. The Morgan fingerprint density at radius 2 is 2.04 bits per heavy atom. The van der Waals surface area contributed by atoms with Gasteiger partial charge in [-0.2, -0.15) is 0 Å². The molecule has 2 aliphatic heterocycles. The number of Topliss-reactive ketones (excluding diaryl/α,β-unsaturated/α-hetero) is 1. The summed E-state index contributed by atoms with van der Waals surface area (Å²) in [5.74, 6) is -0.796. The predicted molar refractivity (Wildman–Crippen MR) is 93.8 cm³/mol. The van der Waals surface area contributed by atoms with Gasteiger partial charge in [-0.05, 0) is 24.8 Å². The largest absolute Gasteiger partial charge is 0.487 e. The summed E-state index contributed by atoms with van der Waals surface area (Å²) >= 11 is 0. The maximum absolute atomic E-state index is 12.7. The molecule has 1 aromatic carbocycles. The van der Waals surface area contributed by atoms with Gasteiger partial charge in [-0.25, -0.2) is 4.79 Å². The van der Waals surface area contributed by atoms with Crippen molar-refractivity contribution >= 4 is 17.7 Å². The lowest BCUT2D eigenvalue weighted by molar-refractivity contribution is -0.157. The van der Waals surface area contributed by atoms with E-state index in [0.29, 0.717) is 25.0 Å². The van der Waals surface area contributed by atoms with E-state index < -0.39 is 18.1 Å². The Bertz CT molecular complexity index is 712. The SMILES string of the molecule is CCC1=CO[C@H](C(=O)N2CCC[C@H]2C(=O)OCc2ccccc2)CC1=O. The highest BCUT2D eigenvalue weighted by molar-refractivity contribution is 6.00. The van der Waals surface area contributed by atoms with Gasteiger partial charge >= 0.3 is 5.97 Å². The Morgan fingerprint density at radius 3 is 2.73 bits per heavy atom. The normalized spacial score (nSPS) is 22.6. The number of ketones is 1. The Labute approximate surface area is 152 Å². The molecule has 138 valence electrons. The molecule has 1 saturated heterocycles. The maximum Gasteiger partial charge on any atom is 0.329 e. The molecule has 0 radical (unpaired) electrons. The van der Waals surface area contributed by atoms with Crippen molar-refractivity contribution in [1.82, 2.24) is 4.90 Å². The summed E-state index contributed by atoms with van der Waals surface area (Å²) in [4.78, 5) is 38.7. The molecule has 0 aromatic heterocycles. The van der Waals surface area contributed by atoms with Gasteiger partial charge in [-0.1, -0.05) is 37.3 Å². The number of esters is 1. The highest BCUT2D eigenvalue weighted by Gasteiger charge is 2.40. The highest BCUT2D eigenvalue weighted by atomic mass is 16.5. The summed E-state index contributed by atoms with van der Waals surface area (Å²) in [6, 6.07) is 8.80. The molecular weight excluding hydrogens is 334 g/mol. The summed E-state index contributed by atoms with van der Waals surface area (Å²) in [5, 5.41) is 0. The molecule has 0 spiro atoms. The van der Waals surface area contributed by atoms with Crippen molar-refractivity contribution in [2.45, 2.75) is 51.4 Å². The first-order chi connectivity index (χ1) is 12.6. The van der Waals surface area contributed by atoms with E-state index in [1.165, 1.54) is 11.2 Å². The van der Waals surface area contributed by atoms with Crippen LogP contribution in [0.5, 0.6) is 0 Å². The van der Waals surface area contributed by atoms with Crippen molar-refractivity contribution in [2.24, 2.45) is 0 Å². The van der Waals surface area contributed by atoms with Crippen LogP contribution in [-0.4, -0.2) is 41.3 Å². The Balaban J connectivity index is 1.60. The van der Waals surface area contributed by atoms with Crippen LogP contribution in [0.3, 0.4) is 0 Å². The van der Waals surface area contributed by atoms with Crippen molar-refractivity contribution < 1.29 is 23.9 Å². The van der Waals surface area contributed by atoms with Gasteiger partial charge in [0.25, 0.3) is 5.91 Å². The fourth-order valence-electron chi connectivity index (χ4n) is 3.29. The van der Waals surface area contributed by atoms with Gasteiger partial charge in [0.05, 0.1) is 12.7 Å². The number of rotatable bonds is 5. The van der Waals surface area contributed by atoms with Gasteiger partial charge in [0.1, 0.15) is 12.6 Å². The first-order valence-electron chi connectivity index (χ1n) is 8.99. The minimum Gasteiger partial charge on any atom is -0.487 e. The quantitative estimate of drug-likeness (QED) is 0.757. The minimum atomic E-state index is -0.847. The smallest absolute Gasteiger partial charge is 0.329 e. The number of hydrogen-bond donors (Lipinski definition) is 0. The number of nitrogens with zero attached hydrogens (tertiary/aromatic N) is 1. The second-order valence-corrected chi connectivity index (χ2v) is 6.53. The number of likely N-dealkylation sites (tertiary alicyclic amines) is 1. The third kappa shape index (κ3) is 3.95. The summed E-state index contributed by atoms with van der Waals surface area (Å²) in [6.07, 6.45) is 2.44. The van der Waals surface area contributed by atoms with Crippen LogP contribution in [0.4, 0.5) is 0 Å². The van der Waals surface area contributed by atoms with E-state index in [1.54, 1.807) is 0 Å². The lowest BCUT2D eigenvalue weighted by Crippen LogP contribution is -2.47. The molecule has 2 heterocycles. The Kier molecular flexibility index (Phi) is 5.71. The van der Waals surface area contributed by atoms with Gasteiger partial charge < -0.3 is 14.4 Å². The van der Waals surface area contributed by atoms with E-state index in [4.69, 9.17) is 9.47 Å². The number of allylic oxidation sites excluding steroid dienone is 1. The molecule has 2 aliphatic rings. The maximum atomic E-state index is 12.7. The number of amides is 1. The molecule has 26 heavy (non-hydrogen) atoms. The summed E-state index contributed by atoms with van der Waals surface area (Å²) in [5.41, 5.74) is 1.49. The number of hydrogen-bond acceptors (Lipinski definition) is 5. The minimum absolute atomic E-state index is 0.0286. The molecular formula is C20H23NO5. The van der Waals surface area contributed by atoms with Crippen LogP contribution in [0.15, 0.2) is 42.2 Å². The van der Waals surface area contributed by atoms with Crippen LogP contribution in [0, 0.1) is 0 Å². The zero-order valence-electron chi connectivity index (χ0n) is 14.8. The van der Waals surface area contributed by atoms with Crippen LogP contribution < -0.4 is 0 Å². The monoisotopic (exact) mass is 357 g/mol. The Hall–Kier alpha value is -2.63. The number of carbonyl (C=O) groups is 3. The molecule has 6 heteroatoms. The molecule has 1 aromatic rings. The molecule has 0 bridgehead atoms. The fraction of sp³-hybridized carbons (Fsp3) is 0.450. The molecule has 0 saturated carbocycles. The molecule has 6 nitrogen and oxygen atoms in total. The predicted octanol–water partition coefficient (Wildman–Crippen LogP) is 2.37. The van der Waals surface area contributed by atoms with Gasteiger partial charge in [-0.15, -0.1) is 0 Å². The topological polar surface area (TPSA) is 72.9 Å². The van der Waals surface area contributed by atoms with E-state index in [1.807, 2.05) is 37.3 Å². The van der Waals surface area contributed by atoms with Crippen molar-refractivity contribution in [2.75, 3.05) is 6.54 Å².